The van der Waals surface area contributed by atoms with E-state index in [2.05, 4.69) is 5.32 Å². The number of nitrogens with one attached hydrogen (secondary N) is 1. The molecule has 1 aliphatic heterocycles. The molecule has 2 amide bonds. The number of ether oxygens (including phenoxy) is 1. The maximum atomic E-state index is 12.9. The predicted octanol–water partition coefficient (Wildman–Crippen LogP) is 1.60. The standard InChI is InChI=1S/C17H24FN3O3/c1-3-24-17(23)21-10-8-20(9-11-21)13(2)16(22)19-12-14-4-6-15(18)7-5-14/h4-7,13H,3,8-12H2,1-2H3,(H,19,22). The van der Waals surface area contributed by atoms with Crippen molar-refractivity contribution in [3.8, 4) is 0 Å². The van der Waals surface area contributed by atoms with E-state index in [1.165, 1.54) is 12.1 Å². The molecule has 0 spiro atoms. The average Bonchev–Trinajstić information content (AvgIpc) is 2.60. The van der Waals surface area contributed by atoms with Gasteiger partial charge in [0.1, 0.15) is 5.82 Å². The van der Waals surface area contributed by atoms with Gasteiger partial charge in [-0.25, -0.2) is 9.18 Å². The number of benzene rings is 1. The molecular formula is C17H24FN3O3. The van der Waals surface area contributed by atoms with Crippen LogP contribution in [0, 0.1) is 5.82 Å². The third-order valence-corrected chi connectivity index (χ3v) is 4.15. The minimum Gasteiger partial charge on any atom is -0.450 e. The van der Waals surface area contributed by atoms with Crippen LogP contribution in [0.3, 0.4) is 0 Å². The Labute approximate surface area is 141 Å². The van der Waals surface area contributed by atoms with E-state index in [9.17, 15) is 14.0 Å². The van der Waals surface area contributed by atoms with Crippen LogP contribution in [-0.4, -0.2) is 60.6 Å². The number of carbonyl (C=O) groups is 2. The molecular weight excluding hydrogens is 313 g/mol. The summed E-state index contributed by atoms with van der Waals surface area (Å²) in [6.45, 7) is 6.71. The molecule has 6 nitrogen and oxygen atoms in total. The predicted molar refractivity (Wildman–Crippen MR) is 87.9 cm³/mol. The van der Waals surface area contributed by atoms with E-state index in [0.717, 1.165) is 5.56 Å². The zero-order chi connectivity index (χ0) is 17.5. The second kappa shape index (κ2) is 8.63. The molecule has 0 aromatic heterocycles. The van der Waals surface area contributed by atoms with Crippen molar-refractivity contribution >= 4 is 12.0 Å². The molecule has 0 radical (unpaired) electrons. The average molecular weight is 337 g/mol. The number of hydrogen-bond acceptors (Lipinski definition) is 4. The van der Waals surface area contributed by atoms with Crippen molar-refractivity contribution in [2.24, 2.45) is 0 Å². The van der Waals surface area contributed by atoms with Gasteiger partial charge in [0.25, 0.3) is 0 Å². The van der Waals surface area contributed by atoms with E-state index in [-0.39, 0.29) is 23.9 Å². The Balaban J connectivity index is 1.77. The number of rotatable bonds is 5. The van der Waals surface area contributed by atoms with E-state index in [1.54, 1.807) is 24.0 Å². The summed E-state index contributed by atoms with van der Waals surface area (Å²) in [6.07, 6.45) is -0.300. The lowest BCUT2D eigenvalue weighted by Crippen LogP contribution is -2.55. The van der Waals surface area contributed by atoms with Crippen LogP contribution in [0.15, 0.2) is 24.3 Å². The summed E-state index contributed by atoms with van der Waals surface area (Å²) in [5, 5.41) is 2.86. The van der Waals surface area contributed by atoms with Gasteiger partial charge >= 0.3 is 6.09 Å². The van der Waals surface area contributed by atoms with Gasteiger partial charge in [-0.05, 0) is 31.5 Å². The normalized spacial score (nSPS) is 16.5. The van der Waals surface area contributed by atoms with Gasteiger partial charge in [-0.15, -0.1) is 0 Å². The van der Waals surface area contributed by atoms with Crippen LogP contribution in [0.5, 0.6) is 0 Å². The summed E-state index contributed by atoms with van der Waals surface area (Å²) >= 11 is 0. The summed E-state index contributed by atoms with van der Waals surface area (Å²) < 4.78 is 17.8. The highest BCUT2D eigenvalue weighted by Gasteiger charge is 2.27. The number of piperazine rings is 1. The first-order valence-corrected chi connectivity index (χ1v) is 8.19. The highest BCUT2D eigenvalue weighted by Crippen LogP contribution is 2.09. The van der Waals surface area contributed by atoms with Crippen LogP contribution < -0.4 is 5.32 Å². The Morgan fingerprint density at radius 3 is 2.42 bits per heavy atom. The van der Waals surface area contributed by atoms with Crippen molar-refractivity contribution in [1.82, 2.24) is 15.1 Å². The third-order valence-electron chi connectivity index (χ3n) is 4.15. The number of amides is 2. The lowest BCUT2D eigenvalue weighted by atomic mass is 10.2. The SMILES string of the molecule is CCOC(=O)N1CCN(C(C)C(=O)NCc2ccc(F)cc2)CC1. The van der Waals surface area contributed by atoms with Crippen molar-refractivity contribution in [1.29, 1.82) is 0 Å². The zero-order valence-electron chi connectivity index (χ0n) is 14.1. The van der Waals surface area contributed by atoms with Crippen molar-refractivity contribution in [3.05, 3.63) is 35.6 Å². The monoisotopic (exact) mass is 337 g/mol. The molecule has 1 aromatic rings. The second-order valence-corrected chi connectivity index (χ2v) is 5.74. The fraction of sp³-hybridized carbons (Fsp3) is 0.529. The summed E-state index contributed by atoms with van der Waals surface area (Å²) in [5.74, 6) is -0.373. The molecule has 7 heteroatoms. The summed E-state index contributed by atoms with van der Waals surface area (Å²) in [5.41, 5.74) is 0.851. The first kappa shape index (κ1) is 18.2. The van der Waals surface area contributed by atoms with Gasteiger partial charge in [-0.3, -0.25) is 9.69 Å². The maximum absolute atomic E-state index is 12.9. The van der Waals surface area contributed by atoms with Crippen LogP contribution in [0.25, 0.3) is 0 Å². The molecule has 1 heterocycles. The molecule has 2 rings (SSSR count). The first-order valence-electron chi connectivity index (χ1n) is 8.19. The Hall–Kier alpha value is -2.15. The van der Waals surface area contributed by atoms with Crippen LogP contribution in [-0.2, 0) is 16.1 Å². The van der Waals surface area contributed by atoms with Crippen LogP contribution in [0.2, 0.25) is 0 Å². The number of nitrogens with zero attached hydrogens (tertiary/aromatic N) is 2. The van der Waals surface area contributed by atoms with Gasteiger partial charge in [0.15, 0.2) is 0 Å². The Kier molecular flexibility index (Phi) is 6.54. The van der Waals surface area contributed by atoms with Crippen LogP contribution in [0.1, 0.15) is 19.4 Å². The molecule has 1 N–H and O–H groups in total. The maximum Gasteiger partial charge on any atom is 0.409 e. The molecule has 1 aromatic carbocycles. The molecule has 1 aliphatic rings. The van der Waals surface area contributed by atoms with Crippen LogP contribution in [0.4, 0.5) is 9.18 Å². The molecule has 132 valence electrons. The molecule has 1 atom stereocenters. The number of halogens is 1. The van der Waals surface area contributed by atoms with E-state index < -0.39 is 0 Å². The minimum atomic E-state index is -0.300. The van der Waals surface area contributed by atoms with Crippen molar-refractivity contribution in [3.63, 3.8) is 0 Å². The number of hydrogen-bond donors (Lipinski definition) is 1. The zero-order valence-corrected chi connectivity index (χ0v) is 14.1. The summed E-state index contributed by atoms with van der Waals surface area (Å²) in [4.78, 5) is 27.6. The molecule has 0 bridgehead atoms. The minimum absolute atomic E-state index is 0.0797. The van der Waals surface area contributed by atoms with Crippen molar-refractivity contribution < 1.29 is 18.7 Å². The van der Waals surface area contributed by atoms with Gasteiger partial charge in [0.2, 0.25) is 5.91 Å². The van der Waals surface area contributed by atoms with E-state index in [0.29, 0.717) is 39.3 Å². The quantitative estimate of drug-likeness (QED) is 0.887. The summed E-state index contributed by atoms with van der Waals surface area (Å²) in [7, 11) is 0. The second-order valence-electron chi connectivity index (χ2n) is 5.74. The van der Waals surface area contributed by atoms with E-state index in [4.69, 9.17) is 4.74 Å². The van der Waals surface area contributed by atoms with Crippen LogP contribution >= 0.6 is 0 Å². The smallest absolute Gasteiger partial charge is 0.409 e. The summed E-state index contributed by atoms with van der Waals surface area (Å²) in [6, 6.07) is 5.77. The molecule has 24 heavy (non-hydrogen) atoms. The number of carbonyl (C=O) groups excluding carboxylic acids is 2. The van der Waals surface area contributed by atoms with E-state index >= 15 is 0 Å². The molecule has 1 fully saturated rings. The van der Waals surface area contributed by atoms with E-state index in [1.807, 2.05) is 11.8 Å². The fourth-order valence-electron chi connectivity index (χ4n) is 2.61. The Morgan fingerprint density at radius 1 is 1.21 bits per heavy atom. The Morgan fingerprint density at radius 2 is 1.83 bits per heavy atom. The highest BCUT2D eigenvalue weighted by atomic mass is 19.1. The topological polar surface area (TPSA) is 61.9 Å². The molecule has 0 saturated carbocycles. The molecule has 0 aliphatic carbocycles. The Bertz CT molecular complexity index is 557. The van der Waals surface area contributed by atoms with Gasteiger partial charge in [-0.1, -0.05) is 12.1 Å². The first-order chi connectivity index (χ1) is 11.5. The van der Waals surface area contributed by atoms with Crippen molar-refractivity contribution in [2.45, 2.75) is 26.4 Å². The van der Waals surface area contributed by atoms with Gasteiger partial charge in [0, 0.05) is 32.7 Å². The van der Waals surface area contributed by atoms with Gasteiger partial charge < -0.3 is 15.0 Å². The molecule has 1 saturated heterocycles. The van der Waals surface area contributed by atoms with Crippen molar-refractivity contribution in [2.75, 3.05) is 32.8 Å². The highest BCUT2D eigenvalue weighted by molar-refractivity contribution is 5.81. The fourth-order valence-corrected chi connectivity index (χ4v) is 2.61. The largest absolute Gasteiger partial charge is 0.450 e. The van der Waals surface area contributed by atoms with Gasteiger partial charge in [0.05, 0.1) is 12.6 Å². The molecule has 1 unspecified atom stereocenters. The van der Waals surface area contributed by atoms with Gasteiger partial charge in [-0.2, -0.15) is 0 Å². The third kappa shape index (κ3) is 4.92. The lowest BCUT2D eigenvalue weighted by molar-refractivity contribution is -0.126. The lowest BCUT2D eigenvalue weighted by Gasteiger charge is -2.36.